The minimum Gasteiger partial charge on any atom is -0.493 e. The van der Waals surface area contributed by atoms with E-state index in [-0.39, 0.29) is 42.3 Å². The minimum absolute atomic E-state index is 0.0176. The van der Waals surface area contributed by atoms with E-state index in [4.69, 9.17) is 4.74 Å². The molecule has 0 spiro atoms. The molecule has 2 heterocycles. The number of rotatable bonds is 7. The lowest BCUT2D eigenvalue weighted by molar-refractivity contribution is -0.143. The third-order valence-electron chi connectivity index (χ3n) is 8.08. The number of hydrogen-bond donors (Lipinski definition) is 2. The number of carbonyl (C=O) groups is 1. The Morgan fingerprint density at radius 1 is 1.13 bits per heavy atom. The maximum absolute atomic E-state index is 15.8. The first-order valence-electron chi connectivity index (χ1n) is 13.4. The van der Waals surface area contributed by atoms with Crippen LogP contribution in [0.2, 0.25) is 0 Å². The van der Waals surface area contributed by atoms with Gasteiger partial charge in [0.05, 0.1) is 18.6 Å². The van der Waals surface area contributed by atoms with Gasteiger partial charge in [0.25, 0.3) is 0 Å². The van der Waals surface area contributed by atoms with Gasteiger partial charge in [-0.1, -0.05) is 18.2 Å². The fraction of sp³-hybridized carbons (Fsp3) is 0.500. The van der Waals surface area contributed by atoms with Crippen LogP contribution in [0.1, 0.15) is 69.3 Å². The molecule has 1 aliphatic carbocycles. The summed E-state index contributed by atoms with van der Waals surface area (Å²) in [6.07, 6.45) is 3.21. The van der Waals surface area contributed by atoms with Crippen LogP contribution in [0.4, 0.5) is 13.2 Å². The molecule has 0 radical (unpaired) electrons. The molecule has 0 bridgehead atoms. The Bertz CT molecular complexity index is 1300. The van der Waals surface area contributed by atoms with Crippen molar-refractivity contribution in [1.29, 1.82) is 0 Å². The molecule has 5 rings (SSSR count). The summed E-state index contributed by atoms with van der Waals surface area (Å²) in [4.78, 5) is 16.4. The fourth-order valence-electron chi connectivity index (χ4n) is 6.19. The molecular weight excluding hydrogens is 493 g/mol. The Morgan fingerprint density at radius 2 is 1.79 bits per heavy atom. The van der Waals surface area contributed by atoms with E-state index in [2.05, 4.69) is 4.98 Å². The van der Waals surface area contributed by atoms with Crippen LogP contribution in [0, 0.1) is 23.5 Å². The first-order valence-corrected chi connectivity index (χ1v) is 13.4. The summed E-state index contributed by atoms with van der Waals surface area (Å²) in [6, 6.07) is 9.24. The molecular formula is C30H35F3N2O3. The first kappa shape index (κ1) is 26.6. The molecule has 2 aromatic carbocycles. The lowest BCUT2D eigenvalue weighted by atomic mass is 9.82. The van der Waals surface area contributed by atoms with Crippen LogP contribution in [-0.2, 0) is 11.2 Å². The van der Waals surface area contributed by atoms with Crippen LogP contribution in [0.25, 0.3) is 10.9 Å². The number of benzene rings is 2. The molecule has 204 valence electrons. The van der Waals surface area contributed by atoms with Gasteiger partial charge in [-0.15, -0.1) is 0 Å². The third kappa shape index (κ3) is 5.28. The van der Waals surface area contributed by atoms with E-state index in [9.17, 15) is 14.3 Å². The van der Waals surface area contributed by atoms with Crippen molar-refractivity contribution in [2.24, 2.45) is 11.8 Å². The van der Waals surface area contributed by atoms with Crippen LogP contribution < -0.4 is 4.74 Å². The zero-order valence-corrected chi connectivity index (χ0v) is 22.1. The predicted molar refractivity (Wildman–Crippen MR) is 140 cm³/mol. The zero-order chi connectivity index (χ0) is 27.2. The lowest BCUT2D eigenvalue weighted by Gasteiger charge is -2.43. The highest BCUT2D eigenvalue weighted by molar-refractivity contribution is 5.85. The zero-order valence-electron chi connectivity index (χ0n) is 22.1. The van der Waals surface area contributed by atoms with Crippen molar-refractivity contribution in [2.45, 2.75) is 70.6 Å². The third-order valence-corrected chi connectivity index (χ3v) is 8.08. The highest BCUT2D eigenvalue weighted by Gasteiger charge is 2.41. The van der Waals surface area contributed by atoms with Crippen molar-refractivity contribution in [3.05, 3.63) is 64.9 Å². The largest absolute Gasteiger partial charge is 0.493 e. The van der Waals surface area contributed by atoms with Gasteiger partial charge >= 0.3 is 5.97 Å². The average molecular weight is 529 g/mol. The van der Waals surface area contributed by atoms with Gasteiger partial charge in [-0.05, 0) is 70.4 Å². The minimum atomic E-state index is -1.56. The number of alkyl halides is 1. The molecule has 1 saturated carbocycles. The van der Waals surface area contributed by atoms with Crippen LogP contribution >= 0.6 is 0 Å². The topological polar surface area (TPSA) is 65.6 Å². The Kier molecular flexibility index (Phi) is 7.20. The standard InChI is InChI=1S/C30H35F3N2O3/c1-17-12-22-21-6-4-5-7-25(21)34-27(22)28(35(17)16-30(2,3)33)26-23(31)13-20(14-24(26)32)38-15-18-8-10-19(11-9-18)29(36)37/h4-7,13-14,17-19,28,34H,8-12,15-16H2,1-3H3,(H,36,37)/t17-,18?,19?,28-/m1/s1. The first-order chi connectivity index (χ1) is 18.0. The van der Waals surface area contributed by atoms with E-state index in [1.54, 1.807) is 0 Å². The number of aliphatic carboxylic acids is 1. The SMILES string of the molecule is C[C@@H]1Cc2c([nH]c3ccccc23)[C@@H](c2c(F)cc(OCC3CCC(C(=O)O)CC3)cc2F)N1CC(C)(C)F. The number of carboxylic acids is 1. The van der Waals surface area contributed by atoms with Gasteiger partial charge < -0.3 is 14.8 Å². The number of aromatic nitrogens is 1. The van der Waals surface area contributed by atoms with Crippen molar-refractivity contribution in [1.82, 2.24) is 9.88 Å². The summed E-state index contributed by atoms with van der Waals surface area (Å²) in [5.41, 5.74) is 0.890. The molecule has 0 unspecified atom stereocenters. The highest BCUT2D eigenvalue weighted by Crippen LogP contribution is 2.44. The molecule has 0 saturated heterocycles. The summed E-state index contributed by atoms with van der Waals surface area (Å²) < 4.78 is 52.2. The predicted octanol–water partition coefficient (Wildman–Crippen LogP) is 6.80. The van der Waals surface area contributed by atoms with Gasteiger partial charge in [-0.2, -0.15) is 0 Å². The molecule has 2 aliphatic rings. The quantitative estimate of drug-likeness (QED) is 0.354. The highest BCUT2D eigenvalue weighted by atomic mass is 19.1. The average Bonchev–Trinajstić information content (AvgIpc) is 3.21. The maximum Gasteiger partial charge on any atom is 0.306 e. The van der Waals surface area contributed by atoms with E-state index in [1.807, 2.05) is 36.1 Å². The maximum atomic E-state index is 15.8. The van der Waals surface area contributed by atoms with Crippen molar-refractivity contribution < 1.29 is 27.8 Å². The second-order valence-corrected chi connectivity index (χ2v) is 11.6. The molecule has 2 atom stereocenters. The van der Waals surface area contributed by atoms with Crippen LogP contribution in [0.15, 0.2) is 36.4 Å². The number of ether oxygens (including phenoxy) is 1. The summed E-state index contributed by atoms with van der Waals surface area (Å²) in [5.74, 6) is -2.33. The van der Waals surface area contributed by atoms with Crippen molar-refractivity contribution in [3.63, 3.8) is 0 Å². The molecule has 2 N–H and O–H groups in total. The number of para-hydroxylation sites is 1. The number of nitrogens with zero attached hydrogens (tertiary/aromatic N) is 1. The van der Waals surface area contributed by atoms with Crippen LogP contribution in [0.5, 0.6) is 5.75 Å². The Labute approximate surface area is 221 Å². The second kappa shape index (κ2) is 10.3. The van der Waals surface area contributed by atoms with E-state index >= 15 is 8.78 Å². The van der Waals surface area contributed by atoms with Gasteiger partial charge in [-0.25, -0.2) is 13.2 Å². The van der Waals surface area contributed by atoms with Crippen LogP contribution in [0.3, 0.4) is 0 Å². The number of H-pyrrole nitrogens is 1. The van der Waals surface area contributed by atoms with Crippen molar-refractivity contribution in [2.75, 3.05) is 13.2 Å². The van der Waals surface area contributed by atoms with Gasteiger partial charge in [0, 0.05) is 46.9 Å². The number of nitrogens with one attached hydrogen (secondary N) is 1. The summed E-state index contributed by atoms with van der Waals surface area (Å²) in [5, 5.41) is 10.2. The molecule has 1 aliphatic heterocycles. The smallest absolute Gasteiger partial charge is 0.306 e. The number of aromatic amines is 1. The molecule has 1 aromatic heterocycles. The second-order valence-electron chi connectivity index (χ2n) is 11.6. The van der Waals surface area contributed by atoms with Gasteiger partial charge in [-0.3, -0.25) is 9.69 Å². The van der Waals surface area contributed by atoms with Gasteiger partial charge in [0.2, 0.25) is 0 Å². The monoisotopic (exact) mass is 528 g/mol. The summed E-state index contributed by atoms with van der Waals surface area (Å²) in [6.45, 7) is 5.22. The van der Waals surface area contributed by atoms with E-state index in [0.29, 0.717) is 37.8 Å². The molecule has 5 nitrogen and oxygen atoms in total. The molecule has 8 heteroatoms. The molecule has 3 aromatic rings. The van der Waals surface area contributed by atoms with E-state index in [0.717, 1.165) is 16.5 Å². The molecule has 0 amide bonds. The summed E-state index contributed by atoms with van der Waals surface area (Å²) >= 11 is 0. The Hall–Kier alpha value is -3.00. The van der Waals surface area contributed by atoms with Crippen molar-refractivity contribution in [3.8, 4) is 5.75 Å². The Morgan fingerprint density at radius 3 is 2.42 bits per heavy atom. The molecule has 38 heavy (non-hydrogen) atoms. The molecule has 1 fully saturated rings. The van der Waals surface area contributed by atoms with Gasteiger partial charge in [0.15, 0.2) is 0 Å². The summed E-state index contributed by atoms with van der Waals surface area (Å²) in [7, 11) is 0. The number of carboxylic acid groups (broad SMARTS) is 1. The van der Waals surface area contributed by atoms with E-state index < -0.39 is 29.3 Å². The van der Waals surface area contributed by atoms with E-state index in [1.165, 1.54) is 26.0 Å². The number of halogens is 3. The Balaban J connectivity index is 1.46. The number of fused-ring (bicyclic) bond motifs is 3. The van der Waals surface area contributed by atoms with Crippen LogP contribution in [-0.4, -0.2) is 45.8 Å². The normalized spacial score (nSPS) is 24.4. The van der Waals surface area contributed by atoms with Crippen molar-refractivity contribution >= 4 is 16.9 Å². The van der Waals surface area contributed by atoms with Gasteiger partial charge in [0.1, 0.15) is 23.1 Å². The lowest BCUT2D eigenvalue weighted by Crippen LogP contribution is -2.48. The fourth-order valence-corrected chi connectivity index (χ4v) is 6.19. The number of hydrogen-bond acceptors (Lipinski definition) is 3.